The number of halogens is 1. The van der Waals surface area contributed by atoms with E-state index in [0.29, 0.717) is 24.4 Å². The summed E-state index contributed by atoms with van der Waals surface area (Å²) in [5, 5.41) is 0.487. The molecule has 0 aromatic heterocycles. The van der Waals surface area contributed by atoms with Gasteiger partial charge < -0.3 is 4.90 Å². The van der Waals surface area contributed by atoms with Crippen LogP contribution in [0, 0.1) is 12.8 Å². The monoisotopic (exact) mass is 406 g/mol. The molecule has 3 rings (SSSR count). The Hall–Kier alpha value is -1.89. The Morgan fingerprint density at radius 2 is 1.89 bits per heavy atom. The molecule has 2 aromatic carbocycles. The first kappa shape index (κ1) is 19.9. The summed E-state index contributed by atoms with van der Waals surface area (Å²) >= 11 is 5.86. The quantitative estimate of drug-likeness (QED) is 0.777. The number of hydrogen-bond donors (Lipinski definition) is 0. The van der Waals surface area contributed by atoms with Crippen LogP contribution in [-0.4, -0.2) is 38.8 Å². The van der Waals surface area contributed by atoms with Gasteiger partial charge in [-0.2, -0.15) is 4.31 Å². The van der Waals surface area contributed by atoms with Gasteiger partial charge in [0.05, 0.1) is 10.8 Å². The van der Waals surface area contributed by atoms with Gasteiger partial charge in [0.15, 0.2) is 0 Å². The predicted octanol–water partition coefficient (Wildman–Crippen LogP) is 3.71. The molecule has 2 aromatic rings. The van der Waals surface area contributed by atoms with Gasteiger partial charge in [0.1, 0.15) is 0 Å². The van der Waals surface area contributed by atoms with Gasteiger partial charge in [0, 0.05) is 30.8 Å². The Bertz CT molecular complexity index is 928. The van der Waals surface area contributed by atoms with Crippen molar-refractivity contribution in [3.8, 4) is 0 Å². The number of benzene rings is 2. The van der Waals surface area contributed by atoms with E-state index in [0.717, 1.165) is 11.3 Å². The van der Waals surface area contributed by atoms with Crippen molar-refractivity contribution in [2.24, 2.45) is 5.92 Å². The molecule has 1 aliphatic rings. The zero-order valence-corrected chi connectivity index (χ0v) is 17.0. The van der Waals surface area contributed by atoms with Gasteiger partial charge in [-0.1, -0.05) is 23.7 Å². The van der Waals surface area contributed by atoms with Gasteiger partial charge in [0.2, 0.25) is 15.9 Å². The highest BCUT2D eigenvalue weighted by molar-refractivity contribution is 7.89. The first-order valence-corrected chi connectivity index (χ1v) is 10.7. The van der Waals surface area contributed by atoms with E-state index in [2.05, 4.69) is 0 Å². The number of amides is 1. The second kappa shape index (κ2) is 8.00. The minimum absolute atomic E-state index is 0.0587. The molecule has 1 amide bonds. The van der Waals surface area contributed by atoms with E-state index in [4.69, 9.17) is 11.6 Å². The summed E-state index contributed by atoms with van der Waals surface area (Å²) in [6.07, 6.45) is 1.34. The maximum absolute atomic E-state index is 13.0. The summed E-state index contributed by atoms with van der Waals surface area (Å²) in [5.41, 5.74) is 1.89. The molecule has 144 valence electrons. The minimum atomic E-state index is -3.64. The number of hydrogen-bond acceptors (Lipinski definition) is 3. The maximum atomic E-state index is 13.0. The standard InChI is InChI=1S/C20H23ClN2O3S/c1-15-5-3-7-18(13-15)22(2)20(24)16-6-4-12-23(14-16)27(25,26)19-10-8-17(21)9-11-19/h3,5,7-11,13,16H,4,6,12,14H2,1-2H3. The fraction of sp³-hybridized carbons (Fsp3) is 0.350. The second-order valence-corrected chi connectivity index (χ2v) is 9.27. The summed E-state index contributed by atoms with van der Waals surface area (Å²) in [4.78, 5) is 14.8. The molecule has 0 aliphatic carbocycles. The number of rotatable bonds is 4. The first-order chi connectivity index (χ1) is 12.8. The molecule has 0 bridgehead atoms. The van der Waals surface area contributed by atoms with Crippen molar-refractivity contribution in [1.82, 2.24) is 4.31 Å². The lowest BCUT2D eigenvalue weighted by Gasteiger charge is -2.33. The Kier molecular flexibility index (Phi) is 5.89. The molecule has 7 heteroatoms. The molecular weight excluding hydrogens is 384 g/mol. The number of carbonyl (C=O) groups excluding carboxylic acids is 1. The van der Waals surface area contributed by atoms with Crippen LogP contribution in [0.25, 0.3) is 0 Å². The SMILES string of the molecule is Cc1cccc(N(C)C(=O)C2CCCN(S(=O)(=O)c3ccc(Cl)cc3)C2)c1. The van der Waals surface area contributed by atoms with Gasteiger partial charge in [0.25, 0.3) is 0 Å². The van der Waals surface area contributed by atoms with E-state index >= 15 is 0 Å². The van der Waals surface area contributed by atoms with E-state index in [1.54, 1.807) is 24.1 Å². The number of piperidine rings is 1. The van der Waals surface area contributed by atoms with E-state index in [1.807, 2.05) is 31.2 Å². The predicted molar refractivity (Wildman–Crippen MR) is 108 cm³/mol. The lowest BCUT2D eigenvalue weighted by atomic mass is 9.98. The van der Waals surface area contributed by atoms with Gasteiger partial charge in [-0.3, -0.25) is 4.79 Å². The van der Waals surface area contributed by atoms with Crippen molar-refractivity contribution in [2.45, 2.75) is 24.7 Å². The number of anilines is 1. The molecule has 27 heavy (non-hydrogen) atoms. The fourth-order valence-electron chi connectivity index (χ4n) is 3.36. The van der Waals surface area contributed by atoms with Crippen molar-refractivity contribution < 1.29 is 13.2 Å². The van der Waals surface area contributed by atoms with E-state index < -0.39 is 10.0 Å². The third-order valence-electron chi connectivity index (χ3n) is 4.90. The Morgan fingerprint density at radius 3 is 2.56 bits per heavy atom. The molecular formula is C20H23ClN2O3S. The second-order valence-electron chi connectivity index (χ2n) is 6.89. The number of sulfonamides is 1. The van der Waals surface area contributed by atoms with E-state index in [1.165, 1.54) is 16.4 Å². The van der Waals surface area contributed by atoms with Crippen LogP contribution in [0.1, 0.15) is 18.4 Å². The van der Waals surface area contributed by atoms with Crippen LogP contribution in [-0.2, 0) is 14.8 Å². The molecule has 1 atom stereocenters. The van der Waals surface area contributed by atoms with Gasteiger partial charge in [-0.25, -0.2) is 8.42 Å². The average molecular weight is 407 g/mol. The molecule has 0 N–H and O–H groups in total. The molecule has 0 radical (unpaired) electrons. The normalized spacial score (nSPS) is 18.3. The number of nitrogens with zero attached hydrogens (tertiary/aromatic N) is 2. The minimum Gasteiger partial charge on any atom is -0.315 e. The molecule has 1 fully saturated rings. The lowest BCUT2D eigenvalue weighted by Crippen LogP contribution is -2.45. The Morgan fingerprint density at radius 1 is 1.19 bits per heavy atom. The number of aryl methyl sites for hydroxylation is 1. The van der Waals surface area contributed by atoms with E-state index in [9.17, 15) is 13.2 Å². The largest absolute Gasteiger partial charge is 0.315 e. The van der Waals surface area contributed by atoms with Crippen molar-refractivity contribution in [2.75, 3.05) is 25.0 Å². The highest BCUT2D eigenvalue weighted by atomic mass is 35.5. The van der Waals surface area contributed by atoms with Crippen LogP contribution in [0.15, 0.2) is 53.4 Å². The van der Waals surface area contributed by atoms with Crippen molar-refractivity contribution in [3.05, 3.63) is 59.1 Å². The lowest BCUT2D eigenvalue weighted by molar-refractivity contribution is -0.123. The van der Waals surface area contributed by atoms with E-state index in [-0.39, 0.29) is 23.3 Å². The molecule has 5 nitrogen and oxygen atoms in total. The van der Waals surface area contributed by atoms with Crippen LogP contribution >= 0.6 is 11.6 Å². The maximum Gasteiger partial charge on any atom is 0.243 e. The van der Waals surface area contributed by atoms with Gasteiger partial charge in [-0.15, -0.1) is 0 Å². The summed E-state index contributed by atoms with van der Waals surface area (Å²) in [7, 11) is -1.90. The summed E-state index contributed by atoms with van der Waals surface area (Å²) < 4.78 is 27.2. The molecule has 1 unspecified atom stereocenters. The van der Waals surface area contributed by atoms with Crippen molar-refractivity contribution >= 4 is 33.2 Å². The van der Waals surface area contributed by atoms with Gasteiger partial charge >= 0.3 is 0 Å². The summed E-state index contributed by atoms with van der Waals surface area (Å²) in [6, 6.07) is 13.8. The Balaban J connectivity index is 1.77. The zero-order valence-electron chi connectivity index (χ0n) is 15.4. The number of carbonyl (C=O) groups is 1. The smallest absolute Gasteiger partial charge is 0.243 e. The molecule has 1 heterocycles. The molecule has 0 spiro atoms. The van der Waals surface area contributed by atoms with Crippen LogP contribution in [0.5, 0.6) is 0 Å². The van der Waals surface area contributed by atoms with Crippen LogP contribution in [0.3, 0.4) is 0 Å². The first-order valence-electron chi connectivity index (χ1n) is 8.89. The van der Waals surface area contributed by atoms with Crippen LogP contribution in [0.2, 0.25) is 5.02 Å². The summed E-state index contributed by atoms with van der Waals surface area (Å²) in [5.74, 6) is -0.414. The third-order valence-corrected chi connectivity index (χ3v) is 7.04. The van der Waals surface area contributed by atoms with Crippen molar-refractivity contribution in [3.63, 3.8) is 0 Å². The highest BCUT2D eigenvalue weighted by Crippen LogP contribution is 2.27. The van der Waals surface area contributed by atoms with Crippen LogP contribution in [0.4, 0.5) is 5.69 Å². The van der Waals surface area contributed by atoms with Gasteiger partial charge in [-0.05, 0) is 61.7 Å². The van der Waals surface area contributed by atoms with Crippen LogP contribution < -0.4 is 4.90 Å². The average Bonchev–Trinajstić information content (AvgIpc) is 2.67. The summed E-state index contributed by atoms with van der Waals surface area (Å²) in [6.45, 7) is 2.59. The molecule has 1 saturated heterocycles. The fourth-order valence-corrected chi connectivity index (χ4v) is 5.01. The molecule has 0 saturated carbocycles. The van der Waals surface area contributed by atoms with Crippen molar-refractivity contribution in [1.29, 1.82) is 0 Å². The molecule has 1 aliphatic heterocycles. The topological polar surface area (TPSA) is 57.7 Å². The highest BCUT2D eigenvalue weighted by Gasteiger charge is 2.34. The Labute approximate surface area is 165 Å². The zero-order chi connectivity index (χ0) is 19.6. The third kappa shape index (κ3) is 4.34.